The molecule has 0 amide bonds. The zero-order chi connectivity index (χ0) is 13.3. The minimum atomic E-state index is -1.65. The maximum Gasteiger partial charge on any atom is 0.159 e. The Morgan fingerprint density at radius 2 is 2.28 bits per heavy atom. The highest BCUT2D eigenvalue weighted by molar-refractivity contribution is 5.54. The lowest BCUT2D eigenvalue weighted by atomic mass is 10.1. The van der Waals surface area contributed by atoms with E-state index < -0.39 is 31.2 Å². The summed E-state index contributed by atoms with van der Waals surface area (Å²) in [6.45, 7) is 1.19. The molecule has 1 aromatic heterocycles. The van der Waals surface area contributed by atoms with Gasteiger partial charge < -0.3 is 26.0 Å². The van der Waals surface area contributed by atoms with Gasteiger partial charge in [0, 0.05) is 5.56 Å². The zero-order valence-electron chi connectivity index (χ0n) is 9.75. The van der Waals surface area contributed by atoms with Gasteiger partial charge in [0.25, 0.3) is 0 Å². The first kappa shape index (κ1) is 12.9. The largest absolute Gasteiger partial charge is 0.394 e. The number of hydrogen-bond donors (Lipinski definition) is 4. The summed E-state index contributed by atoms with van der Waals surface area (Å²) < 4.78 is 18.6. The normalized spacial score (nSPS) is 31.6. The smallest absolute Gasteiger partial charge is 0.159 e. The van der Waals surface area contributed by atoms with Gasteiger partial charge in [0.1, 0.15) is 30.2 Å². The van der Waals surface area contributed by atoms with Crippen LogP contribution < -0.4 is 11.1 Å². The number of halogens is 1. The molecule has 1 aliphatic rings. The molecule has 8 heteroatoms. The van der Waals surface area contributed by atoms with Gasteiger partial charge in [-0.1, -0.05) is 0 Å². The minimum absolute atomic E-state index is 0.287. The first-order chi connectivity index (χ1) is 8.54. The molecule has 0 spiro atoms. The number of nitrogens with zero attached hydrogens (tertiary/aromatic N) is 2. The second-order valence-corrected chi connectivity index (χ2v) is 4.09. The summed E-state index contributed by atoms with van der Waals surface area (Å²) in [5, 5.41) is 21.3. The van der Waals surface area contributed by atoms with Crippen LogP contribution in [0.25, 0.3) is 0 Å². The molecule has 0 radical (unpaired) electrons. The predicted octanol–water partition coefficient (Wildman–Crippen LogP) is -0.805. The Labute approximate surface area is 103 Å². The lowest BCUT2D eigenvalue weighted by Gasteiger charge is -2.18. The monoisotopic (exact) mass is 258 g/mol. The average molecular weight is 258 g/mol. The molecule has 1 aromatic rings. The Bertz CT molecular complexity index is 434. The molecule has 18 heavy (non-hydrogen) atoms. The third-order valence-corrected chi connectivity index (χ3v) is 2.90. The van der Waals surface area contributed by atoms with Gasteiger partial charge in [-0.3, -0.25) is 0 Å². The number of rotatable bonds is 3. The SMILES string of the molecule is Cc1c(N)ncnc1N[C@@H]1O[C@H](CO)[C@H](F)[C@H]1O. The lowest BCUT2D eigenvalue weighted by molar-refractivity contribution is -0.000533. The summed E-state index contributed by atoms with van der Waals surface area (Å²) in [7, 11) is 0. The fourth-order valence-electron chi connectivity index (χ4n) is 1.74. The highest BCUT2D eigenvalue weighted by Gasteiger charge is 2.44. The number of aliphatic hydroxyl groups is 2. The van der Waals surface area contributed by atoms with Crippen LogP contribution in [0.2, 0.25) is 0 Å². The summed E-state index contributed by atoms with van der Waals surface area (Å²) >= 11 is 0. The van der Waals surface area contributed by atoms with E-state index in [1.54, 1.807) is 6.92 Å². The van der Waals surface area contributed by atoms with Crippen LogP contribution in [0.15, 0.2) is 6.33 Å². The van der Waals surface area contributed by atoms with Gasteiger partial charge in [-0.2, -0.15) is 0 Å². The molecule has 4 atom stereocenters. The summed E-state index contributed by atoms with van der Waals surface area (Å²) in [4.78, 5) is 7.72. The highest BCUT2D eigenvalue weighted by atomic mass is 19.1. The van der Waals surface area contributed by atoms with Gasteiger partial charge in [-0.15, -0.1) is 0 Å². The van der Waals surface area contributed by atoms with Crippen molar-refractivity contribution in [3.05, 3.63) is 11.9 Å². The Morgan fingerprint density at radius 3 is 2.89 bits per heavy atom. The minimum Gasteiger partial charge on any atom is -0.394 e. The number of aliphatic hydroxyl groups excluding tert-OH is 2. The van der Waals surface area contributed by atoms with Crippen LogP contribution in [0.3, 0.4) is 0 Å². The van der Waals surface area contributed by atoms with Crippen LogP contribution in [-0.4, -0.2) is 51.4 Å². The molecular formula is C10H15FN4O3. The first-order valence-electron chi connectivity index (χ1n) is 5.46. The van der Waals surface area contributed by atoms with E-state index in [0.29, 0.717) is 11.4 Å². The maximum absolute atomic E-state index is 13.5. The highest BCUT2D eigenvalue weighted by Crippen LogP contribution is 2.26. The Balaban J connectivity index is 2.13. The number of alkyl halides is 1. The summed E-state index contributed by atoms with van der Waals surface area (Å²) in [6, 6.07) is 0. The van der Waals surface area contributed by atoms with Crippen LogP contribution >= 0.6 is 0 Å². The molecule has 7 nitrogen and oxygen atoms in total. The molecule has 0 saturated carbocycles. The molecule has 100 valence electrons. The van der Waals surface area contributed by atoms with E-state index in [1.165, 1.54) is 6.33 Å². The second-order valence-electron chi connectivity index (χ2n) is 4.09. The average Bonchev–Trinajstić information content (AvgIpc) is 2.63. The molecule has 5 N–H and O–H groups in total. The molecule has 0 aliphatic carbocycles. The van der Waals surface area contributed by atoms with Crippen molar-refractivity contribution in [3.8, 4) is 0 Å². The molecular weight excluding hydrogens is 243 g/mol. The molecule has 1 aliphatic heterocycles. The number of nitrogens with one attached hydrogen (secondary N) is 1. The van der Waals surface area contributed by atoms with E-state index in [-0.39, 0.29) is 5.82 Å². The molecule has 1 saturated heterocycles. The molecule has 0 unspecified atom stereocenters. The number of ether oxygens (including phenoxy) is 1. The van der Waals surface area contributed by atoms with Crippen molar-refractivity contribution >= 4 is 11.6 Å². The lowest BCUT2D eigenvalue weighted by Crippen LogP contribution is -2.34. The van der Waals surface area contributed by atoms with Crippen LogP contribution in [-0.2, 0) is 4.74 Å². The molecule has 0 bridgehead atoms. The molecule has 2 rings (SSSR count). The van der Waals surface area contributed by atoms with E-state index in [0.717, 1.165) is 0 Å². The van der Waals surface area contributed by atoms with Crippen molar-refractivity contribution in [1.29, 1.82) is 0 Å². The van der Waals surface area contributed by atoms with E-state index in [4.69, 9.17) is 15.6 Å². The van der Waals surface area contributed by atoms with Crippen molar-refractivity contribution in [1.82, 2.24) is 9.97 Å². The van der Waals surface area contributed by atoms with Gasteiger partial charge in [-0.05, 0) is 6.92 Å². The third-order valence-electron chi connectivity index (χ3n) is 2.90. The van der Waals surface area contributed by atoms with Crippen molar-refractivity contribution in [2.75, 3.05) is 17.7 Å². The fraction of sp³-hybridized carbons (Fsp3) is 0.600. The van der Waals surface area contributed by atoms with Gasteiger partial charge in [0.2, 0.25) is 0 Å². The van der Waals surface area contributed by atoms with Crippen molar-refractivity contribution < 1.29 is 19.3 Å². The Kier molecular flexibility index (Phi) is 3.60. The van der Waals surface area contributed by atoms with Crippen molar-refractivity contribution in [2.45, 2.75) is 31.5 Å². The van der Waals surface area contributed by atoms with Crippen LogP contribution in [0.4, 0.5) is 16.0 Å². The summed E-state index contributed by atoms with van der Waals surface area (Å²) in [5.41, 5.74) is 6.18. The maximum atomic E-state index is 13.5. The standard InChI is InChI=1S/C10H15FN4O3/c1-4-8(12)13-3-14-9(4)15-10-7(17)6(11)5(2-16)18-10/h3,5-7,10,16-17H,2H2,1H3,(H3,12,13,14,15)/t5-,6+,7-,10-/m1/s1. The van der Waals surface area contributed by atoms with E-state index in [2.05, 4.69) is 15.3 Å². The topological polar surface area (TPSA) is 114 Å². The van der Waals surface area contributed by atoms with Crippen LogP contribution in [0.1, 0.15) is 5.56 Å². The third kappa shape index (κ3) is 2.22. The van der Waals surface area contributed by atoms with E-state index in [1.807, 2.05) is 0 Å². The van der Waals surface area contributed by atoms with E-state index >= 15 is 0 Å². The predicted molar refractivity (Wildman–Crippen MR) is 61.5 cm³/mol. The molecule has 2 heterocycles. The quantitative estimate of drug-likeness (QED) is 0.561. The van der Waals surface area contributed by atoms with Crippen molar-refractivity contribution in [3.63, 3.8) is 0 Å². The van der Waals surface area contributed by atoms with Gasteiger partial charge in [0.15, 0.2) is 12.4 Å². The van der Waals surface area contributed by atoms with Crippen molar-refractivity contribution in [2.24, 2.45) is 0 Å². The number of anilines is 2. The van der Waals surface area contributed by atoms with E-state index in [9.17, 15) is 9.50 Å². The molecule has 1 fully saturated rings. The van der Waals surface area contributed by atoms with Gasteiger partial charge >= 0.3 is 0 Å². The first-order valence-corrected chi connectivity index (χ1v) is 5.46. The van der Waals surface area contributed by atoms with Gasteiger partial charge in [0.05, 0.1) is 6.61 Å². The van der Waals surface area contributed by atoms with Gasteiger partial charge in [-0.25, -0.2) is 14.4 Å². The Morgan fingerprint density at radius 1 is 1.56 bits per heavy atom. The summed E-state index contributed by atoms with van der Waals surface area (Å²) in [5.74, 6) is 0.646. The second kappa shape index (κ2) is 5.01. The van der Waals surface area contributed by atoms with Crippen LogP contribution in [0, 0.1) is 6.92 Å². The number of hydrogen-bond acceptors (Lipinski definition) is 7. The Hall–Kier alpha value is -1.51. The van der Waals surface area contributed by atoms with Crippen LogP contribution in [0.5, 0.6) is 0 Å². The number of nitrogen functional groups attached to an aromatic ring is 1. The molecule has 0 aromatic carbocycles. The number of nitrogens with two attached hydrogens (primary N) is 1. The zero-order valence-corrected chi connectivity index (χ0v) is 9.75. The summed E-state index contributed by atoms with van der Waals surface area (Å²) in [6.07, 6.45) is -3.80. The number of aromatic nitrogens is 2. The fourth-order valence-corrected chi connectivity index (χ4v) is 1.74.